The van der Waals surface area contributed by atoms with Crippen LogP contribution in [0, 0.1) is 0 Å². The SMILES string of the molecule is CCN(CC)c1ccc2cc(C3=Nc4cc(Cc5nc(Cc6ccc7nc(-c8cc9ccc(N(CC)CC)cc9oc8=O)[nH]c7c6)nc6[n+]5Cc5cc(S(=O)(=O)O)ccc5N6)ccc4C3)c(=O)oc2c1. The number of rotatable bonds is 13. The van der Waals surface area contributed by atoms with E-state index in [9.17, 15) is 22.6 Å². The van der Waals surface area contributed by atoms with Gasteiger partial charge in [0.2, 0.25) is 11.6 Å². The Balaban J connectivity index is 0.905. The van der Waals surface area contributed by atoms with E-state index in [0.717, 1.165) is 76.2 Å². The summed E-state index contributed by atoms with van der Waals surface area (Å²) in [7, 11) is -4.45. The molecule has 5 aromatic carbocycles. The topological polar surface area (TPSA) is 204 Å². The molecule has 0 fully saturated rings. The second kappa shape index (κ2) is 17.5. The number of H-pyrrole nitrogens is 1. The maximum atomic E-state index is 13.4. The van der Waals surface area contributed by atoms with Gasteiger partial charge in [-0.25, -0.2) is 19.1 Å². The lowest BCUT2D eigenvalue weighted by Gasteiger charge is -2.21. The van der Waals surface area contributed by atoms with E-state index < -0.39 is 21.4 Å². The Kier molecular flexibility index (Phi) is 11.1. The van der Waals surface area contributed by atoms with Crippen LogP contribution in [0.2, 0.25) is 0 Å². The van der Waals surface area contributed by atoms with Gasteiger partial charge in [-0.1, -0.05) is 23.2 Å². The predicted molar refractivity (Wildman–Crippen MR) is 270 cm³/mol. The van der Waals surface area contributed by atoms with Gasteiger partial charge < -0.3 is 23.6 Å². The van der Waals surface area contributed by atoms with Crippen molar-refractivity contribution < 1.29 is 26.4 Å². The quantitative estimate of drug-likeness (QED) is 0.0565. The summed E-state index contributed by atoms with van der Waals surface area (Å²) in [5.41, 5.74) is 9.69. The normalized spacial score (nSPS) is 13.0. The molecule has 3 N–H and O–H groups in total. The van der Waals surface area contributed by atoms with Crippen molar-refractivity contribution >= 4 is 77.5 Å². The average Bonchev–Trinajstić information content (AvgIpc) is 3.97. The number of anilines is 4. The van der Waals surface area contributed by atoms with Crippen LogP contribution >= 0.6 is 0 Å². The zero-order valence-corrected chi connectivity index (χ0v) is 39.7. The number of aromatic nitrogens is 5. The third-order valence-electron chi connectivity index (χ3n) is 13.3. The summed E-state index contributed by atoms with van der Waals surface area (Å²) in [6.45, 7) is 11.9. The number of nitrogens with one attached hydrogen (secondary N) is 2. The van der Waals surface area contributed by atoms with Crippen molar-refractivity contribution in [2.24, 2.45) is 4.99 Å². The van der Waals surface area contributed by atoms with E-state index >= 15 is 0 Å². The Labute approximate surface area is 401 Å². The predicted octanol–water partition coefficient (Wildman–Crippen LogP) is 8.42. The van der Waals surface area contributed by atoms with Crippen LogP contribution in [0.5, 0.6) is 0 Å². The van der Waals surface area contributed by atoms with E-state index in [4.69, 9.17) is 28.8 Å². The molecule has 2 aliphatic heterocycles. The van der Waals surface area contributed by atoms with E-state index in [-0.39, 0.29) is 11.4 Å². The van der Waals surface area contributed by atoms with Crippen molar-refractivity contribution in [1.82, 2.24) is 19.9 Å². The molecule has 0 aliphatic carbocycles. The summed E-state index contributed by atoms with van der Waals surface area (Å²) in [6, 6.07) is 31.7. The first-order valence-electron chi connectivity index (χ1n) is 23.4. The van der Waals surface area contributed by atoms with Gasteiger partial charge in [0, 0.05) is 72.4 Å². The maximum absolute atomic E-state index is 13.4. The standard InChI is InChI=1S/C53H47N9O7S/c1-5-60(6-2)36-14-12-33-24-39(51(63)68-46(33)27-36)44-26-32-11-9-31(19-43(32)54-44)22-49-58-48(59-53-57-41-18-16-38(70(65,66)67)23-35(41)29-62(49)53)21-30-10-17-42-45(20-30)56-50(55-42)40-25-34-13-15-37(61(7-3)8-4)28-47(34)69-52(40)64/h9-20,23-25,27-28H,5-8,21-22,26,29H2,1-4H3,(H2,55,56,65,66,67)/p+1. The first-order chi connectivity index (χ1) is 33.8. The van der Waals surface area contributed by atoms with Gasteiger partial charge >= 0.3 is 17.2 Å². The highest BCUT2D eigenvalue weighted by Crippen LogP contribution is 2.33. The number of fused-ring (bicyclic) bond motifs is 6. The van der Waals surface area contributed by atoms with Crippen molar-refractivity contribution in [2.45, 2.75) is 58.4 Å². The highest BCUT2D eigenvalue weighted by Gasteiger charge is 2.29. The highest BCUT2D eigenvalue weighted by molar-refractivity contribution is 7.85. The second-order valence-corrected chi connectivity index (χ2v) is 19.0. The largest absolute Gasteiger partial charge is 0.422 e. The van der Waals surface area contributed by atoms with Crippen LogP contribution in [0.25, 0.3) is 44.4 Å². The lowest BCUT2D eigenvalue weighted by molar-refractivity contribution is -0.688. The minimum absolute atomic E-state index is 0.211. The van der Waals surface area contributed by atoms with Crippen LogP contribution in [0.3, 0.4) is 0 Å². The number of hydrogen-bond donors (Lipinski definition) is 3. The maximum Gasteiger partial charge on any atom is 0.355 e. The van der Waals surface area contributed by atoms with Gasteiger partial charge in [0.25, 0.3) is 10.1 Å². The fraction of sp³-hybridized carbons (Fsp3) is 0.226. The smallest absolute Gasteiger partial charge is 0.355 e. The lowest BCUT2D eigenvalue weighted by Crippen LogP contribution is -2.46. The van der Waals surface area contributed by atoms with Gasteiger partial charge in [0.15, 0.2) is 0 Å². The zero-order chi connectivity index (χ0) is 48.4. The molecule has 0 saturated carbocycles. The molecule has 6 heterocycles. The Morgan fingerprint density at radius 3 is 2.03 bits per heavy atom. The van der Waals surface area contributed by atoms with Crippen molar-refractivity contribution in [2.75, 3.05) is 41.3 Å². The van der Waals surface area contributed by atoms with Gasteiger partial charge in [0.1, 0.15) is 22.6 Å². The van der Waals surface area contributed by atoms with Crippen molar-refractivity contribution in [1.29, 1.82) is 0 Å². The van der Waals surface area contributed by atoms with E-state index in [1.807, 2.05) is 83.4 Å². The zero-order valence-electron chi connectivity index (χ0n) is 38.9. The molecule has 11 rings (SSSR count). The van der Waals surface area contributed by atoms with Crippen LogP contribution < -0.4 is 30.9 Å². The van der Waals surface area contributed by atoms with Crippen molar-refractivity contribution in [3.05, 3.63) is 163 Å². The third-order valence-corrected chi connectivity index (χ3v) is 14.2. The van der Waals surface area contributed by atoms with Gasteiger partial charge in [-0.3, -0.25) is 14.9 Å². The molecule has 352 valence electrons. The number of nitrogens with zero attached hydrogens (tertiary/aromatic N) is 7. The number of benzene rings is 5. The molecule has 16 nitrogen and oxygen atoms in total. The molecule has 70 heavy (non-hydrogen) atoms. The van der Waals surface area contributed by atoms with Crippen molar-refractivity contribution in [3.8, 4) is 11.4 Å². The second-order valence-electron chi connectivity index (χ2n) is 17.6. The molecule has 0 radical (unpaired) electrons. The molecule has 9 aromatic rings. The molecule has 0 saturated heterocycles. The summed E-state index contributed by atoms with van der Waals surface area (Å²) in [6.07, 6.45) is 1.17. The van der Waals surface area contributed by atoms with Crippen LogP contribution in [-0.2, 0) is 35.9 Å². The number of hydrogen-bond acceptors (Lipinski definition) is 13. The van der Waals surface area contributed by atoms with E-state index in [0.29, 0.717) is 87.5 Å². The summed E-state index contributed by atoms with van der Waals surface area (Å²) in [5, 5.41) is 4.98. The minimum atomic E-state index is -4.45. The van der Waals surface area contributed by atoms with Gasteiger partial charge in [-0.05, 0) is 117 Å². The van der Waals surface area contributed by atoms with Crippen LogP contribution in [0.4, 0.5) is 28.7 Å². The van der Waals surface area contributed by atoms with Crippen LogP contribution in [0.1, 0.15) is 67.2 Å². The van der Waals surface area contributed by atoms with Gasteiger partial charge in [-0.2, -0.15) is 8.42 Å². The van der Waals surface area contributed by atoms with E-state index in [1.54, 1.807) is 12.1 Å². The molecule has 0 spiro atoms. The summed E-state index contributed by atoms with van der Waals surface area (Å²) < 4.78 is 47.7. The van der Waals surface area contributed by atoms with Crippen molar-refractivity contribution in [3.63, 3.8) is 0 Å². The molecule has 0 unspecified atom stereocenters. The third kappa shape index (κ3) is 8.26. The molecule has 17 heteroatoms. The molecular formula is C53H48N9O7S+. The first-order valence-corrected chi connectivity index (χ1v) is 24.8. The molecule has 0 atom stereocenters. The molecule has 0 bridgehead atoms. The fourth-order valence-corrected chi connectivity index (χ4v) is 10.1. The molecular weight excluding hydrogens is 907 g/mol. The Morgan fingerprint density at radius 2 is 1.34 bits per heavy atom. The lowest BCUT2D eigenvalue weighted by atomic mass is 10.0. The Hall–Kier alpha value is -8.02. The van der Waals surface area contributed by atoms with Crippen LogP contribution in [0.15, 0.2) is 131 Å². The summed E-state index contributed by atoms with van der Waals surface area (Å²) in [5.74, 6) is 2.08. The fourth-order valence-electron chi connectivity index (χ4n) is 9.58. The molecule has 2 aliphatic rings. The number of aliphatic imine (C=N–C) groups is 1. The summed E-state index contributed by atoms with van der Waals surface area (Å²) in [4.78, 5) is 54.1. The van der Waals surface area contributed by atoms with Gasteiger partial charge in [-0.15, -0.1) is 4.98 Å². The summed E-state index contributed by atoms with van der Waals surface area (Å²) >= 11 is 0. The Morgan fingerprint density at radius 1 is 0.686 bits per heavy atom. The average molecular weight is 955 g/mol. The molecule has 0 amide bonds. The highest BCUT2D eigenvalue weighted by atomic mass is 32.2. The monoisotopic (exact) mass is 954 g/mol. The Bertz CT molecular complexity index is 3870. The molecule has 4 aromatic heterocycles. The van der Waals surface area contributed by atoms with Gasteiger partial charge in [0.05, 0.1) is 58.0 Å². The van der Waals surface area contributed by atoms with E-state index in [2.05, 4.69) is 47.8 Å². The van der Waals surface area contributed by atoms with Crippen LogP contribution in [-0.4, -0.2) is 64.8 Å². The minimum Gasteiger partial charge on any atom is -0.422 e. The number of imidazole rings is 1. The number of aromatic amines is 1. The first kappa shape index (κ1) is 44.5. The van der Waals surface area contributed by atoms with E-state index in [1.165, 1.54) is 12.1 Å².